The van der Waals surface area contributed by atoms with Crippen LogP contribution < -0.4 is 14.8 Å². The molecule has 2 fully saturated rings. The van der Waals surface area contributed by atoms with Gasteiger partial charge in [-0.3, -0.25) is 0 Å². The second-order valence-corrected chi connectivity index (χ2v) is 6.28. The minimum Gasteiger partial charge on any atom is -0.497 e. The molecule has 0 aromatic heterocycles. The van der Waals surface area contributed by atoms with E-state index in [1.54, 1.807) is 14.2 Å². The maximum absolute atomic E-state index is 11.0. The maximum atomic E-state index is 11.0. The molecule has 3 rings (SSSR count). The van der Waals surface area contributed by atoms with Crippen molar-refractivity contribution >= 4 is 0 Å². The van der Waals surface area contributed by atoms with Gasteiger partial charge in [0.15, 0.2) is 0 Å². The number of piperidine rings is 1. The number of fused-ring (bicyclic) bond motifs is 1. The van der Waals surface area contributed by atoms with Gasteiger partial charge in [0.1, 0.15) is 11.5 Å². The monoisotopic (exact) mass is 291 g/mol. The van der Waals surface area contributed by atoms with E-state index in [0.717, 1.165) is 49.3 Å². The first-order valence-corrected chi connectivity index (χ1v) is 7.85. The van der Waals surface area contributed by atoms with Crippen molar-refractivity contribution in [2.75, 3.05) is 20.8 Å². The van der Waals surface area contributed by atoms with E-state index in [4.69, 9.17) is 9.47 Å². The fourth-order valence-electron chi connectivity index (χ4n) is 3.98. The summed E-state index contributed by atoms with van der Waals surface area (Å²) in [5, 5.41) is 14.6. The number of nitrogens with one attached hydrogen (secondary N) is 1. The molecular weight excluding hydrogens is 266 g/mol. The van der Waals surface area contributed by atoms with E-state index in [-0.39, 0.29) is 12.0 Å². The maximum Gasteiger partial charge on any atom is 0.122 e. The Morgan fingerprint density at radius 2 is 1.81 bits per heavy atom. The number of methoxy groups -OCH3 is 2. The molecule has 4 heteroatoms. The fourth-order valence-corrected chi connectivity index (χ4v) is 3.98. The standard InChI is InChI=1S/C17H25NO3/c1-20-13-9-12(10-14(11-13)21-2)16-15-5-3-4-6-17(15,19)7-8-18-16/h9-11,15-16,18-19H,3-8H2,1-2H3/t15-,16+,17+/m1/s1. The van der Waals surface area contributed by atoms with Gasteiger partial charge in [0, 0.05) is 18.0 Å². The average Bonchev–Trinajstić information content (AvgIpc) is 2.53. The van der Waals surface area contributed by atoms with Crippen molar-refractivity contribution < 1.29 is 14.6 Å². The minimum atomic E-state index is -0.509. The molecule has 1 aliphatic heterocycles. The highest BCUT2D eigenvalue weighted by atomic mass is 16.5. The highest BCUT2D eigenvalue weighted by Gasteiger charge is 2.45. The predicted octanol–water partition coefficient (Wildman–Crippen LogP) is 2.66. The van der Waals surface area contributed by atoms with Gasteiger partial charge in [-0.05, 0) is 43.5 Å². The molecule has 1 aliphatic carbocycles. The van der Waals surface area contributed by atoms with E-state index in [9.17, 15) is 5.11 Å². The molecule has 21 heavy (non-hydrogen) atoms. The molecule has 1 saturated carbocycles. The lowest BCUT2D eigenvalue weighted by molar-refractivity contribution is -0.0861. The number of rotatable bonds is 3. The van der Waals surface area contributed by atoms with Crippen LogP contribution >= 0.6 is 0 Å². The summed E-state index contributed by atoms with van der Waals surface area (Å²) in [6.07, 6.45) is 5.20. The fraction of sp³-hybridized carbons (Fsp3) is 0.647. The highest BCUT2D eigenvalue weighted by molar-refractivity contribution is 5.40. The SMILES string of the molecule is COc1cc(OC)cc([C@@H]2NCC[C@@]3(O)CCCC[C@H]23)c1. The van der Waals surface area contributed by atoms with E-state index >= 15 is 0 Å². The van der Waals surface area contributed by atoms with Gasteiger partial charge in [-0.15, -0.1) is 0 Å². The van der Waals surface area contributed by atoms with E-state index in [1.807, 2.05) is 6.07 Å². The largest absolute Gasteiger partial charge is 0.497 e. The summed E-state index contributed by atoms with van der Waals surface area (Å²) in [5.74, 6) is 1.88. The number of aliphatic hydroxyl groups is 1. The summed E-state index contributed by atoms with van der Waals surface area (Å²) < 4.78 is 10.8. The first-order chi connectivity index (χ1) is 10.2. The number of hydrogen-bond acceptors (Lipinski definition) is 4. The molecule has 0 amide bonds. The Bertz CT molecular complexity index is 479. The van der Waals surface area contributed by atoms with Crippen molar-refractivity contribution in [2.45, 2.75) is 43.7 Å². The molecule has 1 heterocycles. The number of ether oxygens (including phenoxy) is 2. The molecule has 4 nitrogen and oxygen atoms in total. The van der Waals surface area contributed by atoms with Crippen LogP contribution in [0.3, 0.4) is 0 Å². The third-order valence-electron chi connectivity index (χ3n) is 5.12. The van der Waals surface area contributed by atoms with Gasteiger partial charge in [-0.25, -0.2) is 0 Å². The third-order valence-corrected chi connectivity index (χ3v) is 5.12. The van der Waals surface area contributed by atoms with Gasteiger partial charge in [-0.1, -0.05) is 12.8 Å². The molecular formula is C17H25NO3. The van der Waals surface area contributed by atoms with Crippen LogP contribution in [0.15, 0.2) is 18.2 Å². The smallest absolute Gasteiger partial charge is 0.122 e. The van der Waals surface area contributed by atoms with E-state index in [1.165, 1.54) is 6.42 Å². The molecule has 2 N–H and O–H groups in total. The molecule has 0 radical (unpaired) electrons. The molecule has 3 atom stereocenters. The van der Waals surface area contributed by atoms with Crippen LogP contribution in [0.5, 0.6) is 11.5 Å². The molecule has 1 saturated heterocycles. The average molecular weight is 291 g/mol. The Balaban J connectivity index is 1.94. The van der Waals surface area contributed by atoms with Gasteiger partial charge in [-0.2, -0.15) is 0 Å². The van der Waals surface area contributed by atoms with Crippen molar-refractivity contribution in [3.8, 4) is 11.5 Å². The highest BCUT2D eigenvalue weighted by Crippen LogP contribution is 2.46. The zero-order valence-electron chi connectivity index (χ0n) is 12.9. The summed E-state index contributed by atoms with van der Waals surface area (Å²) in [6.45, 7) is 0.858. The Morgan fingerprint density at radius 1 is 1.10 bits per heavy atom. The van der Waals surface area contributed by atoms with Crippen LogP contribution in [-0.2, 0) is 0 Å². The van der Waals surface area contributed by atoms with Crippen molar-refractivity contribution in [3.05, 3.63) is 23.8 Å². The van der Waals surface area contributed by atoms with E-state index in [2.05, 4.69) is 17.4 Å². The lowest BCUT2D eigenvalue weighted by Crippen LogP contribution is -2.53. The van der Waals surface area contributed by atoms with E-state index in [0.29, 0.717) is 0 Å². The van der Waals surface area contributed by atoms with Gasteiger partial charge in [0.25, 0.3) is 0 Å². The van der Waals surface area contributed by atoms with Crippen LogP contribution in [-0.4, -0.2) is 31.5 Å². The van der Waals surface area contributed by atoms with Gasteiger partial charge < -0.3 is 19.9 Å². The topological polar surface area (TPSA) is 50.7 Å². The predicted molar refractivity (Wildman–Crippen MR) is 81.8 cm³/mol. The van der Waals surface area contributed by atoms with Crippen LogP contribution in [0.4, 0.5) is 0 Å². The van der Waals surface area contributed by atoms with Crippen molar-refractivity contribution in [1.29, 1.82) is 0 Å². The van der Waals surface area contributed by atoms with E-state index < -0.39 is 5.60 Å². The molecule has 116 valence electrons. The quantitative estimate of drug-likeness (QED) is 0.899. The van der Waals surface area contributed by atoms with Crippen LogP contribution in [0.25, 0.3) is 0 Å². The first kappa shape index (κ1) is 14.7. The zero-order valence-corrected chi connectivity index (χ0v) is 12.9. The summed E-state index contributed by atoms with van der Waals surface area (Å²) in [5.41, 5.74) is 0.640. The molecule has 0 bridgehead atoms. The van der Waals surface area contributed by atoms with Crippen LogP contribution in [0.1, 0.15) is 43.7 Å². The molecule has 0 spiro atoms. The van der Waals surface area contributed by atoms with Crippen molar-refractivity contribution in [1.82, 2.24) is 5.32 Å². The normalized spacial score (nSPS) is 32.3. The van der Waals surface area contributed by atoms with Crippen LogP contribution in [0.2, 0.25) is 0 Å². The summed E-state index contributed by atoms with van der Waals surface area (Å²) >= 11 is 0. The zero-order chi connectivity index (χ0) is 14.9. The lowest BCUT2D eigenvalue weighted by Gasteiger charge is -2.48. The Hall–Kier alpha value is -1.26. The second kappa shape index (κ2) is 5.85. The Labute approximate surface area is 126 Å². The van der Waals surface area contributed by atoms with Gasteiger partial charge in [0.2, 0.25) is 0 Å². The summed E-state index contributed by atoms with van der Waals surface area (Å²) in [6, 6.07) is 6.17. The summed E-state index contributed by atoms with van der Waals surface area (Å²) in [7, 11) is 3.34. The Kier molecular flexibility index (Phi) is 4.09. The van der Waals surface area contributed by atoms with Crippen LogP contribution in [0, 0.1) is 5.92 Å². The second-order valence-electron chi connectivity index (χ2n) is 6.28. The molecule has 1 aromatic rings. The molecule has 2 aliphatic rings. The molecule has 1 aromatic carbocycles. The lowest BCUT2D eigenvalue weighted by atomic mass is 9.67. The number of hydrogen-bond donors (Lipinski definition) is 2. The van der Waals surface area contributed by atoms with Crippen molar-refractivity contribution in [3.63, 3.8) is 0 Å². The first-order valence-electron chi connectivity index (χ1n) is 7.85. The van der Waals surface area contributed by atoms with Gasteiger partial charge >= 0.3 is 0 Å². The number of benzene rings is 1. The summed E-state index contributed by atoms with van der Waals surface area (Å²) in [4.78, 5) is 0. The van der Waals surface area contributed by atoms with Gasteiger partial charge in [0.05, 0.1) is 19.8 Å². The van der Waals surface area contributed by atoms with Crippen molar-refractivity contribution in [2.24, 2.45) is 5.92 Å². The minimum absolute atomic E-state index is 0.174. The molecule has 0 unspecified atom stereocenters. The third kappa shape index (κ3) is 2.74. The Morgan fingerprint density at radius 3 is 2.48 bits per heavy atom.